The maximum Gasteiger partial charge on any atom is 0.241 e. The Morgan fingerprint density at radius 3 is 2.45 bits per heavy atom. The summed E-state index contributed by atoms with van der Waals surface area (Å²) in [6, 6.07) is 0. The van der Waals surface area contributed by atoms with Crippen LogP contribution in [0.25, 0.3) is 0 Å². The van der Waals surface area contributed by atoms with E-state index in [9.17, 15) is 4.79 Å². The van der Waals surface area contributed by atoms with Crippen molar-refractivity contribution in [2.24, 2.45) is 11.3 Å². The zero-order valence-electron chi connectivity index (χ0n) is 6.19. The molecule has 1 amide bonds. The van der Waals surface area contributed by atoms with E-state index in [1.165, 1.54) is 12.8 Å². The number of carbonyl (C=O) groups excluding carboxylic acids is 1. The van der Waals surface area contributed by atoms with Crippen molar-refractivity contribution in [1.82, 2.24) is 10.4 Å². The second-order valence-electron chi connectivity index (χ2n) is 3.48. The summed E-state index contributed by atoms with van der Waals surface area (Å²) in [5.74, 6) is 0.725. The molecule has 0 spiro atoms. The molecule has 0 aromatic carbocycles. The van der Waals surface area contributed by atoms with Gasteiger partial charge in [-0.25, -0.2) is 0 Å². The summed E-state index contributed by atoms with van der Waals surface area (Å²) < 4.78 is 0. The van der Waals surface area contributed by atoms with Gasteiger partial charge in [0.1, 0.15) is 0 Å². The van der Waals surface area contributed by atoms with Crippen LogP contribution in [0, 0.1) is 11.3 Å². The molecule has 3 nitrogen and oxygen atoms in total. The molecule has 0 saturated heterocycles. The first kappa shape index (κ1) is 7.37. The van der Waals surface area contributed by atoms with E-state index in [0.717, 1.165) is 12.8 Å². The van der Waals surface area contributed by atoms with Crippen molar-refractivity contribution in [2.45, 2.75) is 25.7 Å². The minimum atomic E-state index is -0.0259. The van der Waals surface area contributed by atoms with Crippen molar-refractivity contribution in [3.05, 3.63) is 0 Å². The SMILES string of the molecule is O=C(NNCl)C1(C2CC2)CC1. The Hall–Kier alpha value is -0.280. The summed E-state index contributed by atoms with van der Waals surface area (Å²) in [6.45, 7) is 0. The molecule has 2 N–H and O–H groups in total. The van der Waals surface area contributed by atoms with Gasteiger partial charge >= 0.3 is 0 Å². The van der Waals surface area contributed by atoms with Gasteiger partial charge in [0, 0.05) is 0 Å². The van der Waals surface area contributed by atoms with Crippen LogP contribution in [0.4, 0.5) is 0 Å². The van der Waals surface area contributed by atoms with Crippen LogP contribution in [0.3, 0.4) is 0 Å². The number of hydrogen-bond acceptors (Lipinski definition) is 2. The first-order chi connectivity index (χ1) is 5.29. The maximum absolute atomic E-state index is 11.4. The van der Waals surface area contributed by atoms with Gasteiger partial charge in [-0.3, -0.25) is 10.2 Å². The molecular weight excluding hydrogens is 164 g/mol. The van der Waals surface area contributed by atoms with E-state index < -0.39 is 0 Å². The fourth-order valence-electron chi connectivity index (χ4n) is 1.76. The fourth-order valence-corrected chi connectivity index (χ4v) is 1.84. The monoisotopic (exact) mass is 174 g/mol. The average molecular weight is 175 g/mol. The highest BCUT2D eigenvalue weighted by atomic mass is 35.5. The molecule has 62 valence electrons. The van der Waals surface area contributed by atoms with Crippen molar-refractivity contribution in [1.29, 1.82) is 0 Å². The Morgan fingerprint density at radius 1 is 1.45 bits per heavy atom. The Kier molecular flexibility index (Phi) is 1.58. The number of rotatable bonds is 3. The Morgan fingerprint density at radius 2 is 2.09 bits per heavy atom. The third-order valence-corrected chi connectivity index (χ3v) is 2.85. The Balaban J connectivity index is 1.96. The van der Waals surface area contributed by atoms with Crippen LogP contribution in [0.2, 0.25) is 0 Å². The molecule has 0 atom stereocenters. The molecule has 2 saturated carbocycles. The summed E-state index contributed by atoms with van der Waals surface area (Å²) in [7, 11) is 0. The molecule has 11 heavy (non-hydrogen) atoms. The number of hydrazine groups is 1. The molecule has 0 aliphatic heterocycles. The summed E-state index contributed by atoms with van der Waals surface area (Å²) in [5, 5.41) is 0. The van der Waals surface area contributed by atoms with Crippen molar-refractivity contribution in [3.8, 4) is 0 Å². The van der Waals surface area contributed by atoms with Crippen molar-refractivity contribution >= 4 is 17.7 Å². The second kappa shape index (κ2) is 2.35. The van der Waals surface area contributed by atoms with E-state index in [1.54, 1.807) is 0 Å². The van der Waals surface area contributed by atoms with E-state index >= 15 is 0 Å². The lowest BCUT2D eigenvalue weighted by Crippen LogP contribution is -2.38. The molecule has 0 radical (unpaired) electrons. The fraction of sp³-hybridized carbons (Fsp3) is 0.857. The maximum atomic E-state index is 11.4. The highest BCUT2D eigenvalue weighted by Crippen LogP contribution is 2.61. The Labute approximate surface area is 70.6 Å². The number of halogens is 1. The highest BCUT2D eigenvalue weighted by molar-refractivity contribution is 6.14. The quantitative estimate of drug-likeness (QED) is 0.494. The standard InChI is InChI=1S/C7H11ClN2O/c8-10-9-6(11)7(3-4-7)5-1-2-5/h5,10H,1-4H2,(H,9,11). The van der Waals surface area contributed by atoms with Crippen LogP contribution in [0.5, 0.6) is 0 Å². The molecule has 2 aliphatic carbocycles. The molecule has 2 fully saturated rings. The molecule has 2 rings (SSSR count). The van der Waals surface area contributed by atoms with Crippen molar-refractivity contribution in [2.75, 3.05) is 0 Å². The van der Waals surface area contributed by atoms with Gasteiger partial charge < -0.3 is 0 Å². The lowest BCUT2D eigenvalue weighted by molar-refractivity contribution is -0.127. The summed E-state index contributed by atoms with van der Waals surface area (Å²) in [5.41, 5.74) is 2.42. The largest absolute Gasteiger partial charge is 0.277 e. The van der Waals surface area contributed by atoms with Gasteiger partial charge in [0.15, 0.2) is 0 Å². The number of nitrogens with one attached hydrogen (secondary N) is 2. The first-order valence-corrected chi connectivity index (χ1v) is 4.33. The van der Waals surface area contributed by atoms with E-state index in [0.29, 0.717) is 5.92 Å². The molecule has 0 bridgehead atoms. The van der Waals surface area contributed by atoms with Gasteiger partial charge in [-0.05, 0) is 43.4 Å². The second-order valence-corrected chi connectivity index (χ2v) is 3.67. The number of carbonyl (C=O) groups is 1. The van der Waals surface area contributed by atoms with Gasteiger partial charge in [0.05, 0.1) is 5.41 Å². The van der Waals surface area contributed by atoms with Crippen LogP contribution >= 0.6 is 11.8 Å². The van der Waals surface area contributed by atoms with Crippen LogP contribution in [-0.4, -0.2) is 5.91 Å². The lowest BCUT2D eigenvalue weighted by Gasteiger charge is -2.11. The van der Waals surface area contributed by atoms with E-state index in [4.69, 9.17) is 11.8 Å². The highest BCUT2D eigenvalue weighted by Gasteiger charge is 2.59. The molecular formula is C7H11ClN2O. The van der Waals surface area contributed by atoms with Gasteiger partial charge in [-0.15, -0.1) is 4.94 Å². The van der Waals surface area contributed by atoms with E-state index in [1.807, 2.05) is 0 Å². The first-order valence-electron chi connectivity index (χ1n) is 3.96. The normalized spacial score (nSPS) is 26.3. The summed E-state index contributed by atoms with van der Waals surface area (Å²) >= 11 is 5.17. The summed E-state index contributed by atoms with van der Waals surface area (Å²) in [6.07, 6.45) is 4.52. The van der Waals surface area contributed by atoms with Crippen molar-refractivity contribution < 1.29 is 4.79 Å². The van der Waals surface area contributed by atoms with Crippen LogP contribution in [0.1, 0.15) is 25.7 Å². The zero-order chi connectivity index (χ0) is 7.90. The third kappa shape index (κ3) is 1.12. The average Bonchev–Trinajstić information content (AvgIpc) is 2.83. The minimum Gasteiger partial charge on any atom is -0.277 e. The van der Waals surface area contributed by atoms with Gasteiger partial charge in [0.25, 0.3) is 0 Å². The van der Waals surface area contributed by atoms with E-state index in [2.05, 4.69) is 10.4 Å². The molecule has 0 aromatic heterocycles. The van der Waals surface area contributed by atoms with Gasteiger partial charge in [-0.1, -0.05) is 0 Å². The molecule has 4 heteroatoms. The Bertz CT molecular complexity index is 187. The molecule has 0 unspecified atom stereocenters. The number of hydrogen-bond donors (Lipinski definition) is 2. The van der Waals surface area contributed by atoms with E-state index in [-0.39, 0.29) is 11.3 Å². The van der Waals surface area contributed by atoms with Crippen LogP contribution in [-0.2, 0) is 4.79 Å². The number of amides is 1. The third-order valence-electron chi connectivity index (χ3n) is 2.76. The molecule has 2 aliphatic rings. The van der Waals surface area contributed by atoms with Crippen LogP contribution in [0.15, 0.2) is 0 Å². The zero-order valence-corrected chi connectivity index (χ0v) is 6.95. The van der Waals surface area contributed by atoms with Crippen LogP contribution < -0.4 is 10.4 Å². The molecule has 0 heterocycles. The topological polar surface area (TPSA) is 41.1 Å². The lowest BCUT2D eigenvalue weighted by atomic mass is 10.0. The van der Waals surface area contributed by atoms with Gasteiger partial charge in [-0.2, -0.15) is 0 Å². The van der Waals surface area contributed by atoms with Gasteiger partial charge in [0.2, 0.25) is 5.91 Å². The smallest absolute Gasteiger partial charge is 0.241 e. The summed E-state index contributed by atoms with van der Waals surface area (Å²) in [4.78, 5) is 13.5. The predicted molar refractivity (Wildman–Crippen MR) is 41.5 cm³/mol. The molecule has 0 aromatic rings. The van der Waals surface area contributed by atoms with Crippen molar-refractivity contribution in [3.63, 3.8) is 0 Å². The predicted octanol–water partition coefficient (Wildman–Crippen LogP) is 0.951. The minimum absolute atomic E-state index is 0.0259.